The number of nitrogens with zero attached hydrogens (tertiary/aromatic N) is 3. The number of hydrogen-bond acceptors (Lipinski definition) is 5. The molecule has 3 rings (SSSR count). The monoisotopic (exact) mass is 302 g/mol. The quantitative estimate of drug-likeness (QED) is 0.944. The van der Waals surface area contributed by atoms with E-state index in [0.29, 0.717) is 4.88 Å². The number of hydrogen-bond donors (Lipinski definition) is 1. The van der Waals surface area contributed by atoms with Crippen LogP contribution in [0.5, 0.6) is 0 Å². The topological polar surface area (TPSA) is 48.5 Å². The van der Waals surface area contributed by atoms with Crippen molar-refractivity contribution in [3.8, 4) is 0 Å². The Morgan fingerprint density at radius 2 is 1.86 bits per heavy atom. The average Bonchev–Trinajstić information content (AvgIpc) is 3.03. The summed E-state index contributed by atoms with van der Waals surface area (Å²) in [4.78, 5) is 17.3. The molecular formula is C15H18N4OS. The highest BCUT2D eigenvalue weighted by Gasteiger charge is 2.14. The second-order valence-electron chi connectivity index (χ2n) is 5.17. The lowest BCUT2D eigenvalue weighted by molar-refractivity contribution is 0.103. The number of piperazine rings is 1. The molecule has 1 aromatic carbocycles. The van der Waals surface area contributed by atoms with Crippen molar-refractivity contribution in [2.24, 2.45) is 0 Å². The smallest absolute Gasteiger partial charge is 0.267 e. The van der Waals surface area contributed by atoms with E-state index in [9.17, 15) is 4.79 Å². The lowest BCUT2D eigenvalue weighted by atomic mass is 10.2. The third kappa shape index (κ3) is 3.40. The highest BCUT2D eigenvalue weighted by atomic mass is 32.1. The molecular weight excluding hydrogens is 284 g/mol. The molecule has 1 saturated heterocycles. The Morgan fingerprint density at radius 3 is 2.48 bits per heavy atom. The van der Waals surface area contributed by atoms with Crippen LogP contribution in [0.25, 0.3) is 0 Å². The molecule has 1 aromatic heterocycles. The van der Waals surface area contributed by atoms with Crippen LogP contribution in [0.2, 0.25) is 0 Å². The third-order valence-electron chi connectivity index (χ3n) is 3.66. The van der Waals surface area contributed by atoms with Crippen LogP contribution in [0, 0.1) is 0 Å². The van der Waals surface area contributed by atoms with Crippen LogP contribution in [0.15, 0.2) is 36.5 Å². The van der Waals surface area contributed by atoms with Gasteiger partial charge in [0, 0.05) is 43.8 Å². The second kappa shape index (κ2) is 6.24. The number of anilines is 2. The minimum Gasteiger partial charge on any atom is -0.369 e. The molecule has 0 atom stereocenters. The molecule has 1 aliphatic rings. The van der Waals surface area contributed by atoms with Crippen molar-refractivity contribution in [3.63, 3.8) is 0 Å². The van der Waals surface area contributed by atoms with Crippen molar-refractivity contribution in [1.29, 1.82) is 0 Å². The van der Waals surface area contributed by atoms with Crippen LogP contribution >= 0.6 is 11.5 Å². The fourth-order valence-electron chi connectivity index (χ4n) is 2.35. The Bertz CT molecular complexity index is 589. The number of nitrogens with one attached hydrogen (secondary N) is 1. The number of carbonyl (C=O) groups excluding carboxylic acids is 1. The van der Waals surface area contributed by atoms with Gasteiger partial charge in [-0.05, 0) is 48.9 Å². The highest BCUT2D eigenvalue weighted by molar-refractivity contribution is 7.08. The molecule has 2 aromatic rings. The first kappa shape index (κ1) is 14.0. The molecule has 0 aliphatic carbocycles. The SMILES string of the molecule is CN1CCN(c2ccc(NC(=O)c3ccns3)cc2)CC1. The lowest BCUT2D eigenvalue weighted by Crippen LogP contribution is -2.44. The Balaban J connectivity index is 1.63. The minimum atomic E-state index is -0.107. The van der Waals surface area contributed by atoms with Gasteiger partial charge in [-0.2, -0.15) is 0 Å². The van der Waals surface area contributed by atoms with Gasteiger partial charge in [-0.1, -0.05) is 0 Å². The van der Waals surface area contributed by atoms with E-state index in [1.165, 1.54) is 17.2 Å². The summed E-state index contributed by atoms with van der Waals surface area (Å²) < 4.78 is 3.94. The predicted octanol–water partition coefficient (Wildman–Crippen LogP) is 2.15. The van der Waals surface area contributed by atoms with E-state index in [1.807, 2.05) is 12.1 Å². The van der Waals surface area contributed by atoms with Gasteiger partial charge in [0.25, 0.3) is 5.91 Å². The fraction of sp³-hybridized carbons (Fsp3) is 0.333. The van der Waals surface area contributed by atoms with Crippen molar-refractivity contribution in [3.05, 3.63) is 41.4 Å². The Morgan fingerprint density at radius 1 is 1.14 bits per heavy atom. The summed E-state index contributed by atoms with van der Waals surface area (Å²) in [7, 11) is 2.15. The minimum absolute atomic E-state index is 0.107. The number of likely N-dealkylation sites (N-methyl/N-ethyl adjacent to an activating group) is 1. The van der Waals surface area contributed by atoms with Crippen molar-refractivity contribution >= 4 is 28.8 Å². The van der Waals surface area contributed by atoms with Gasteiger partial charge in [0.2, 0.25) is 0 Å². The van der Waals surface area contributed by atoms with E-state index in [0.717, 1.165) is 31.9 Å². The van der Waals surface area contributed by atoms with E-state index >= 15 is 0 Å². The maximum absolute atomic E-state index is 11.9. The molecule has 21 heavy (non-hydrogen) atoms. The zero-order valence-corrected chi connectivity index (χ0v) is 12.8. The van der Waals surface area contributed by atoms with Gasteiger partial charge in [0.15, 0.2) is 0 Å². The molecule has 0 spiro atoms. The first-order valence-corrected chi connectivity index (χ1v) is 7.75. The molecule has 1 aliphatic heterocycles. The molecule has 0 radical (unpaired) electrons. The van der Waals surface area contributed by atoms with E-state index in [-0.39, 0.29) is 5.91 Å². The molecule has 1 N–H and O–H groups in total. The number of carbonyl (C=O) groups is 1. The molecule has 0 unspecified atom stereocenters. The molecule has 1 amide bonds. The highest BCUT2D eigenvalue weighted by Crippen LogP contribution is 2.20. The van der Waals surface area contributed by atoms with Crippen molar-refractivity contribution < 1.29 is 4.79 Å². The Labute approximate surface area is 128 Å². The first-order valence-electron chi connectivity index (χ1n) is 6.98. The van der Waals surface area contributed by atoms with Crippen molar-refractivity contribution in [1.82, 2.24) is 9.27 Å². The normalized spacial score (nSPS) is 16.0. The first-order chi connectivity index (χ1) is 10.2. The number of aromatic nitrogens is 1. The van der Waals surface area contributed by atoms with Gasteiger partial charge < -0.3 is 15.1 Å². The second-order valence-corrected chi connectivity index (χ2v) is 6.00. The standard InChI is InChI=1S/C15H18N4OS/c1-18-8-10-19(11-9-18)13-4-2-12(3-5-13)17-15(20)14-6-7-16-21-14/h2-7H,8-11H2,1H3,(H,17,20). The molecule has 0 saturated carbocycles. The van der Waals surface area contributed by atoms with Gasteiger partial charge in [-0.15, -0.1) is 0 Å². The summed E-state index contributed by atoms with van der Waals surface area (Å²) in [5.74, 6) is -0.107. The molecule has 5 nitrogen and oxygen atoms in total. The number of benzene rings is 1. The molecule has 0 bridgehead atoms. The summed E-state index contributed by atoms with van der Waals surface area (Å²) in [5, 5.41) is 2.89. The summed E-state index contributed by atoms with van der Waals surface area (Å²) in [6.07, 6.45) is 1.63. The zero-order valence-electron chi connectivity index (χ0n) is 12.0. The summed E-state index contributed by atoms with van der Waals surface area (Å²) in [6.45, 7) is 4.26. The van der Waals surface area contributed by atoms with E-state index in [1.54, 1.807) is 12.3 Å². The van der Waals surface area contributed by atoms with Gasteiger partial charge >= 0.3 is 0 Å². The third-order valence-corrected chi connectivity index (χ3v) is 4.40. The molecule has 2 heterocycles. The van der Waals surface area contributed by atoms with E-state index in [2.05, 4.69) is 38.7 Å². The van der Waals surface area contributed by atoms with Crippen LogP contribution < -0.4 is 10.2 Å². The van der Waals surface area contributed by atoms with Crippen LogP contribution in [0.3, 0.4) is 0 Å². The summed E-state index contributed by atoms with van der Waals surface area (Å²) in [5.41, 5.74) is 2.02. The summed E-state index contributed by atoms with van der Waals surface area (Å²) >= 11 is 1.20. The Hall–Kier alpha value is -1.92. The number of rotatable bonds is 3. The van der Waals surface area contributed by atoms with Crippen molar-refractivity contribution in [2.45, 2.75) is 0 Å². The van der Waals surface area contributed by atoms with Gasteiger partial charge in [0.1, 0.15) is 4.88 Å². The lowest BCUT2D eigenvalue weighted by Gasteiger charge is -2.34. The summed E-state index contributed by atoms with van der Waals surface area (Å²) in [6, 6.07) is 9.75. The van der Waals surface area contributed by atoms with Crippen LogP contribution in [0.1, 0.15) is 9.67 Å². The van der Waals surface area contributed by atoms with Gasteiger partial charge in [0.05, 0.1) is 0 Å². The maximum Gasteiger partial charge on any atom is 0.267 e. The van der Waals surface area contributed by atoms with Crippen LogP contribution in [-0.4, -0.2) is 48.4 Å². The van der Waals surface area contributed by atoms with Crippen LogP contribution in [0.4, 0.5) is 11.4 Å². The number of amides is 1. The molecule has 1 fully saturated rings. The van der Waals surface area contributed by atoms with E-state index < -0.39 is 0 Å². The molecule has 6 heteroatoms. The average molecular weight is 302 g/mol. The predicted molar refractivity (Wildman–Crippen MR) is 86.2 cm³/mol. The van der Waals surface area contributed by atoms with E-state index in [4.69, 9.17) is 0 Å². The van der Waals surface area contributed by atoms with Gasteiger partial charge in [-0.3, -0.25) is 4.79 Å². The van der Waals surface area contributed by atoms with Crippen LogP contribution in [-0.2, 0) is 0 Å². The maximum atomic E-state index is 11.9. The molecule has 110 valence electrons. The van der Waals surface area contributed by atoms with Gasteiger partial charge in [-0.25, -0.2) is 4.37 Å². The zero-order chi connectivity index (χ0) is 14.7. The van der Waals surface area contributed by atoms with Crippen molar-refractivity contribution in [2.75, 3.05) is 43.4 Å². The fourth-order valence-corrected chi connectivity index (χ4v) is 2.84. The largest absolute Gasteiger partial charge is 0.369 e. The Kier molecular flexibility index (Phi) is 4.17.